The molecule has 0 radical (unpaired) electrons. The van der Waals surface area contributed by atoms with Crippen molar-refractivity contribution in [1.82, 2.24) is 0 Å². The molecule has 0 aliphatic heterocycles. The Morgan fingerprint density at radius 2 is 1.78 bits per heavy atom. The van der Waals surface area contributed by atoms with Crippen molar-refractivity contribution in [3.63, 3.8) is 0 Å². The molecule has 3 atom stereocenters. The number of carbonyl (C=O) groups excluding carboxylic acids is 1. The molecular formula is C15H24O3. The topological polar surface area (TPSA) is 35.5 Å². The molecule has 0 N–H and O–H groups in total. The zero-order chi connectivity index (χ0) is 12.5. The normalized spacial score (nSPS) is 43.1. The van der Waals surface area contributed by atoms with Crippen LogP contribution in [0.15, 0.2) is 0 Å². The summed E-state index contributed by atoms with van der Waals surface area (Å²) < 4.78 is 11.1. The van der Waals surface area contributed by atoms with Crippen molar-refractivity contribution in [2.75, 3.05) is 7.11 Å². The standard InChI is InChI=1S/C15H24O3/c1-17-15(16)11-4-6-13(7-5-11)18-14-9-10-2-3-12(14)8-10/h10-14H,2-9H2,1H3. The molecule has 3 nitrogen and oxygen atoms in total. The Balaban J connectivity index is 1.44. The molecule has 3 unspecified atom stereocenters. The summed E-state index contributed by atoms with van der Waals surface area (Å²) in [5.74, 6) is 1.88. The van der Waals surface area contributed by atoms with E-state index in [2.05, 4.69) is 0 Å². The number of methoxy groups -OCH3 is 1. The van der Waals surface area contributed by atoms with E-state index < -0.39 is 0 Å². The maximum Gasteiger partial charge on any atom is 0.308 e. The van der Waals surface area contributed by atoms with Gasteiger partial charge < -0.3 is 9.47 Å². The molecular weight excluding hydrogens is 228 g/mol. The first-order valence-electron chi connectivity index (χ1n) is 7.49. The van der Waals surface area contributed by atoms with Crippen molar-refractivity contribution in [2.24, 2.45) is 17.8 Å². The maximum atomic E-state index is 11.5. The van der Waals surface area contributed by atoms with Gasteiger partial charge in [-0.1, -0.05) is 0 Å². The molecule has 3 aliphatic rings. The molecule has 3 aliphatic carbocycles. The molecule has 3 rings (SSSR count). The average molecular weight is 252 g/mol. The van der Waals surface area contributed by atoms with Crippen LogP contribution in [0.25, 0.3) is 0 Å². The fourth-order valence-electron chi connectivity index (χ4n) is 4.20. The number of esters is 1. The van der Waals surface area contributed by atoms with Crippen LogP contribution in [-0.4, -0.2) is 25.3 Å². The summed E-state index contributed by atoms with van der Waals surface area (Å²) >= 11 is 0. The summed E-state index contributed by atoms with van der Waals surface area (Å²) in [6.45, 7) is 0. The monoisotopic (exact) mass is 252 g/mol. The fraction of sp³-hybridized carbons (Fsp3) is 0.933. The number of rotatable bonds is 3. The van der Waals surface area contributed by atoms with Crippen molar-refractivity contribution in [3.05, 3.63) is 0 Å². The van der Waals surface area contributed by atoms with Gasteiger partial charge in [-0.15, -0.1) is 0 Å². The van der Waals surface area contributed by atoms with Crippen molar-refractivity contribution in [3.8, 4) is 0 Å². The number of hydrogen-bond acceptors (Lipinski definition) is 3. The van der Waals surface area contributed by atoms with Gasteiger partial charge in [0.15, 0.2) is 0 Å². The number of ether oxygens (including phenoxy) is 2. The molecule has 18 heavy (non-hydrogen) atoms. The lowest BCUT2D eigenvalue weighted by Gasteiger charge is -2.32. The van der Waals surface area contributed by atoms with E-state index in [0.717, 1.165) is 37.5 Å². The number of carbonyl (C=O) groups is 1. The molecule has 0 heterocycles. The van der Waals surface area contributed by atoms with Gasteiger partial charge in [-0.25, -0.2) is 0 Å². The van der Waals surface area contributed by atoms with E-state index in [1.807, 2.05) is 0 Å². The van der Waals surface area contributed by atoms with Crippen LogP contribution in [0.2, 0.25) is 0 Å². The Bertz CT molecular complexity index is 307. The Hall–Kier alpha value is -0.570. The lowest BCUT2D eigenvalue weighted by molar-refractivity contribution is -0.148. The van der Waals surface area contributed by atoms with Gasteiger partial charge in [-0.05, 0) is 63.2 Å². The Kier molecular flexibility index (Phi) is 3.60. The lowest BCUT2D eigenvalue weighted by atomic mass is 9.87. The molecule has 0 amide bonds. The van der Waals surface area contributed by atoms with Crippen LogP contribution in [0.1, 0.15) is 51.4 Å². The fourth-order valence-corrected chi connectivity index (χ4v) is 4.20. The van der Waals surface area contributed by atoms with Gasteiger partial charge in [0.25, 0.3) is 0 Å². The van der Waals surface area contributed by atoms with E-state index in [1.165, 1.54) is 32.8 Å². The molecule has 3 saturated carbocycles. The van der Waals surface area contributed by atoms with E-state index in [4.69, 9.17) is 9.47 Å². The largest absolute Gasteiger partial charge is 0.469 e. The zero-order valence-corrected chi connectivity index (χ0v) is 11.3. The van der Waals surface area contributed by atoms with Crippen LogP contribution in [0, 0.1) is 17.8 Å². The highest BCUT2D eigenvalue weighted by molar-refractivity contribution is 5.72. The lowest BCUT2D eigenvalue weighted by Crippen LogP contribution is -2.32. The molecule has 102 valence electrons. The minimum Gasteiger partial charge on any atom is -0.469 e. The third kappa shape index (κ3) is 2.42. The second-order valence-corrected chi connectivity index (χ2v) is 6.35. The van der Waals surface area contributed by atoms with Crippen molar-refractivity contribution in [1.29, 1.82) is 0 Å². The molecule has 0 spiro atoms. The van der Waals surface area contributed by atoms with E-state index in [1.54, 1.807) is 0 Å². The molecule has 0 aromatic carbocycles. The van der Waals surface area contributed by atoms with Crippen molar-refractivity contribution >= 4 is 5.97 Å². The molecule has 3 fully saturated rings. The van der Waals surface area contributed by atoms with Gasteiger partial charge in [0.2, 0.25) is 0 Å². The van der Waals surface area contributed by atoms with Gasteiger partial charge in [-0.3, -0.25) is 4.79 Å². The predicted octanol–water partition coefficient (Wildman–Crippen LogP) is 2.92. The summed E-state index contributed by atoms with van der Waals surface area (Å²) in [6, 6.07) is 0. The second kappa shape index (κ2) is 5.20. The summed E-state index contributed by atoms with van der Waals surface area (Å²) in [5, 5.41) is 0. The van der Waals surface area contributed by atoms with Crippen LogP contribution in [0.5, 0.6) is 0 Å². The van der Waals surface area contributed by atoms with Crippen LogP contribution in [0.3, 0.4) is 0 Å². The minimum absolute atomic E-state index is 0.0339. The van der Waals surface area contributed by atoms with Crippen LogP contribution in [0.4, 0.5) is 0 Å². The predicted molar refractivity (Wildman–Crippen MR) is 68.1 cm³/mol. The molecule has 0 aromatic heterocycles. The van der Waals surface area contributed by atoms with Crippen molar-refractivity contribution in [2.45, 2.75) is 63.6 Å². The molecule has 0 aromatic rings. The first kappa shape index (κ1) is 12.5. The summed E-state index contributed by atoms with van der Waals surface area (Å²) in [6.07, 6.45) is 10.4. The van der Waals surface area contributed by atoms with E-state index in [-0.39, 0.29) is 11.9 Å². The molecule has 3 heteroatoms. The van der Waals surface area contributed by atoms with Gasteiger partial charge in [0.1, 0.15) is 0 Å². The van der Waals surface area contributed by atoms with Gasteiger partial charge in [-0.2, -0.15) is 0 Å². The van der Waals surface area contributed by atoms with Crippen LogP contribution >= 0.6 is 0 Å². The minimum atomic E-state index is -0.0339. The van der Waals surface area contributed by atoms with E-state index in [9.17, 15) is 4.79 Å². The highest BCUT2D eigenvalue weighted by atomic mass is 16.5. The van der Waals surface area contributed by atoms with E-state index in [0.29, 0.717) is 12.2 Å². The Morgan fingerprint density at radius 3 is 2.33 bits per heavy atom. The summed E-state index contributed by atoms with van der Waals surface area (Å²) in [7, 11) is 1.49. The Morgan fingerprint density at radius 1 is 1.00 bits per heavy atom. The third-order valence-electron chi connectivity index (χ3n) is 5.25. The Labute approximate surface area is 109 Å². The van der Waals surface area contributed by atoms with Gasteiger partial charge in [0.05, 0.1) is 25.2 Å². The molecule has 2 bridgehead atoms. The first-order chi connectivity index (χ1) is 8.76. The summed E-state index contributed by atoms with van der Waals surface area (Å²) in [4.78, 5) is 11.5. The smallest absolute Gasteiger partial charge is 0.308 e. The van der Waals surface area contributed by atoms with Crippen LogP contribution in [-0.2, 0) is 14.3 Å². The molecule has 0 saturated heterocycles. The summed E-state index contributed by atoms with van der Waals surface area (Å²) in [5.41, 5.74) is 0. The van der Waals surface area contributed by atoms with Gasteiger partial charge >= 0.3 is 5.97 Å². The van der Waals surface area contributed by atoms with Gasteiger partial charge in [0, 0.05) is 0 Å². The second-order valence-electron chi connectivity index (χ2n) is 6.35. The zero-order valence-electron chi connectivity index (χ0n) is 11.3. The third-order valence-corrected chi connectivity index (χ3v) is 5.25. The van der Waals surface area contributed by atoms with E-state index >= 15 is 0 Å². The SMILES string of the molecule is COC(=O)C1CCC(OC2CC3CCC2C3)CC1. The highest BCUT2D eigenvalue weighted by Crippen LogP contribution is 2.46. The quantitative estimate of drug-likeness (QED) is 0.724. The highest BCUT2D eigenvalue weighted by Gasteiger charge is 2.41. The maximum absolute atomic E-state index is 11.5. The number of hydrogen-bond donors (Lipinski definition) is 0. The average Bonchev–Trinajstić information content (AvgIpc) is 3.01. The van der Waals surface area contributed by atoms with Crippen LogP contribution < -0.4 is 0 Å². The number of fused-ring (bicyclic) bond motifs is 2. The first-order valence-corrected chi connectivity index (χ1v) is 7.49. The van der Waals surface area contributed by atoms with Crippen molar-refractivity contribution < 1.29 is 14.3 Å².